The highest BCUT2D eigenvalue weighted by atomic mass is 35.5. The molecule has 0 aliphatic rings. The van der Waals surface area contributed by atoms with Crippen LogP contribution < -0.4 is 0 Å². The predicted molar refractivity (Wildman–Crippen MR) is 89.1 cm³/mol. The summed E-state index contributed by atoms with van der Waals surface area (Å²) >= 11 is 12.1. The lowest BCUT2D eigenvalue weighted by atomic mass is 10.1. The van der Waals surface area contributed by atoms with Crippen LogP contribution in [0.25, 0.3) is 10.9 Å². The largest absolute Gasteiger partial charge is 0.477 e. The van der Waals surface area contributed by atoms with Crippen LogP contribution in [-0.4, -0.2) is 15.6 Å². The van der Waals surface area contributed by atoms with Gasteiger partial charge in [-0.2, -0.15) is 0 Å². The molecular weight excluding hydrogens is 321 g/mol. The lowest BCUT2D eigenvalue weighted by Crippen LogP contribution is -2.10. The molecule has 0 unspecified atom stereocenters. The number of hydrogen-bond donors (Lipinski definition) is 1. The van der Waals surface area contributed by atoms with Gasteiger partial charge >= 0.3 is 5.97 Å². The minimum absolute atomic E-state index is 0.284. The molecule has 2 aromatic carbocycles. The van der Waals surface area contributed by atoms with Crippen LogP contribution >= 0.6 is 23.2 Å². The van der Waals surface area contributed by atoms with E-state index in [1.807, 2.05) is 34.9 Å². The number of para-hydroxylation sites is 1. The molecular formula is C17H13Cl2NO2. The van der Waals surface area contributed by atoms with Gasteiger partial charge in [0.15, 0.2) is 0 Å². The minimum atomic E-state index is -0.932. The fourth-order valence-corrected chi connectivity index (χ4v) is 3.09. The number of rotatable bonds is 4. The zero-order valence-electron chi connectivity index (χ0n) is 11.6. The first kappa shape index (κ1) is 14.9. The van der Waals surface area contributed by atoms with Crippen LogP contribution in [0.15, 0.2) is 48.5 Å². The molecule has 0 radical (unpaired) electrons. The molecule has 0 bridgehead atoms. The van der Waals surface area contributed by atoms with E-state index in [0.29, 0.717) is 23.0 Å². The maximum absolute atomic E-state index is 11.4. The second kappa shape index (κ2) is 6.03. The van der Waals surface area contributed by atoms with E-state index in [-0.39, 0.29) is 5.69 Å². The molecule has 22 heavy (non-hydrogen) atoms. The predicted octanol–water partition coefficient (Wildman–Crippen LogP) is 4.89. The molecule has 5 heteroatoms. The third-order valence-corrected chi connectivity index (χ3v) is 4.24. The van der Waals surface area contributed by atoms with Crippen LogP contribution in [0.4, 0.5) is 0 Å². The lowest BCUT2D eigenvalue weighted by molar-refractivity contribution is 0.0685. The van der Waals surface area contributed by atoms with Gasteiger partial charge in [0.05, 0.1) is 0 Å². The Morgan fingerprint density at radius 1 is 1.09 bits per heavy atom. The molecule has 1 heterocycles. The Bertz CT molecular complexity index is 855. The SMILES string of the molecule is O=C(O)c1cc2ccccc2n1CCc1ccc(Cl)cc1Cl. The summed E-state index contributed by atoms with van der Waals surface area (Å²) in [6.07, 6.45) is 0.634. The van der Waals surface area contributed by atoms with Crippen molar-refractivity contribution in [3.05, 3.63) is 69.8 Å². The average molecular weight is 334 g/mol. The van der Waals surface area contributed by atoms with Crippen LogP contribution in [-0.2, 0) is 13.0 Å². The zero-order chi connectivity index (χ0) is 15.7. The van der Waals surface area contributed by atoms with Crippen molar-refractivity contribution in [3.8, 4) is 0 Å². The number of fused-ring (bicyclic) bond motifs is 1. The normalized spacial score (nSPS) is 11.0. The number of carbonyl (C=O) groups is 1. The molecule has 0 aliphatic heterocycles. The molecule has 0 spiro atoms. The summed E-state index contributed by atoms with van der Waals surface area (Å²) in [6, 6.07) is 14.7. The highest BCUT2D eigenvalue weighted by molar-refractivity contribution is 6.35. The monoisotopic (exact) mass is 333 g/mol. The van der Waals surface area contributed by atoms with Gasteiger partial charge in [0.25, 0.3) is 0 Å². The molecule has 0 atom stereocenters. The van der Waals surface area contributed by atoms with Crippen LogP contribution in [0.5, 0.6) is 0 Å². The lowest BCUT2D eigenvalue weighted by Gasteiger charge is -2.10. The quantitative estimate of drug-likeness (QED) is 0.738. The third-order valence-electron chi connectivity index (χ3n) is 3.65. The van der Waals surface area contributed by atoms with E-state index < -0.39 is 5.97 Å². The van der Waals surface area contributed by atoms with E-state index in [2.05, 4.69) is 0 Å². The van der Waals surface area contributed by atoms with Crippen molar-refractivity contribution in [1.29, 1.82) is 0 Å². The number of nitrogens with zero attached hydrogens (tertiary/aromatic N) is 1. The average Bonchev–Trinajstić information content (AvgIpc) is 2.85. The Kier molecular flexibility index (Phi) is 4.10. The van der Waals surface area contributed by atoms with Crippen LogP contribution in [0.1, 0.15) is 16.1 Å². The number of aryl methyl sites for hydroxylation is 2. The van der Waals surface area contributed by atoms with Crippen LogP contribution in [0.2, 0.25) is 10.0 Å². The van der Waals surface area contributed by atoms with Crippen molar-refractivity contribution in [3.63, 3.8) is 0 Å². The van der Waals surface area contributed by atoms with Crippen molar-refractivity contribution < 1.29 is 9.90 Å². The maximum atomic E-state index is 11.4. The van der Waals surface area contributed by atoms with Gasteiger partial charge in [-0.15, -0.1) is 0 Å². The van der Waals surface area contributed by atoms with Crippen molar-refractivity contribution in [2.75, 3.05) is 0 Å². The Morgan fingerprint density at radius 3 is 2.59 bits per heavy atom. The molecule has 1 aromatic heterocycles. The van der Waals surface area contributed by atoms with Gasteiger partial charge in [-0.25, -0.2) is 4.79 Å². The topological polar surface area (TPSA) is 42.2 Å². The van der Waals surface area contributed by atoms with Gasteiger partial charge in [-0.1, -0.05) is 47.5 Å². The molecule has 3 nitrogen and oxygen atoms in total. The standard InChI is InChI=1S/C17H13Cl2NO2/c18-13-6-5-11(14(19)10-13)7-8-20-15-4-2-1-3-12(15)9-16(20)17(21)22/h1-6,9-10H,7-8H2,(H,21,22). The van der Waals surface area contributed by atoms with Gasteiger partial charge in [0.2, 0.25) is 0 Å². The Balaban J connectivity index is 1.96. The summed E-state index contributed by atoms with van der Waals surface area (Å²) in [5.74, 6) is -0.932. The molecule has 3 rings (SSSR count). The zero-order valence-corrected chi connectivity index (χ0v) is 13.1. The second-order valence-corrected chi connectivity index (χ2v) is 5.87. The van der Waals surface area contributed by atoms with Crippen LogP contribution in [0.3, 0.4) is 0 Å². The molecule has 0 amide bonds. The van der Waals surface area contributed by atoms with E-state index in [4.69, 9.17) is 23.2 Å². The second-order valence-electron chi connectivity index (χ2n) is 5.03. The summed E-state index contributed by atoms with van der Waals surface area (Å²) in [6.45, 7) is 0.538. The Labute approximate surface area is 137 Å². The summed E-state index contributed by atoms with van der Waals surface area (Å²) in [7, 11) is 0. The smallest absolute Gasteiger partial charge is 0.352 e. The van der Waals surface area contributed by atoms with Gasteiger partial charge in [0.1, 0.15) is 5.69 Å². The van der Waals surface area contributed by atoms with Crippen molar-refractivity contribution in [1.82, 2.24) is 4.57 Å². The first-order valence-corrected chi connectivity index (χ1v) is 7.57. The number of halogens is 2. The van der Waals surface area contributed by atoms with E-state index in [1.54, 1.807) is 18.2 Å². The first-order valence-electron chi connectivity index (χ1n) is 6.82. The van der Waals surface area contributed by atoms with E-state index in [9.17, 15) is 9.90 Å². The van der Waals surface area contributed by atoms with Gasteiger partial charge in [0, 0.05) is 27.5 Å². The number of aromatic nitrogens is 1. The summed E-state index contributed by atoms with van der Waals surface area (Å²) in [4.78, 5) is 11.4. The fraction of sp³-hybridized carbons (Fsp3) is 0.118. The molecule has 112 valence electrons. The van der Waals surface area contributed by atoms with Crippen molar-refractivity contribution in [2.45, 2.75) is 13.0 Å². The van der Waals surface area contributed by atoms with Gasteiger partial charge < -0.3 is 9.67 Å². The molecule has 0 saturated carbocycles. The van der Waals surface area contributed by atoms with E-state index >= 15 is 0 Å². The summed E-state index contributed by atoms with van der Waals surface area (Å²) in [5, 5.41) is 11.5. The molecule has 0 aliphatic carbocycles. The van der Waals surface area contributed by atoms with Crippen molar-refractivity contribution >= 4 is 40.1 Å². The highest BCUT2D eigenvalue weighted by Gasteiger charge is 2.14. The minimum Gasteiger partial charge on any atom is -0.477 e. The summed E-state index contributed by atoms with van der Waals surface area (Å²) in [5.41, 5.74) is 2.14. The number of carboxylic acids is 1. The maximum Gasteiger partial charge on any atom is 0.352 e. The summed E-state index contributed by atoms with van der Waals surface area (Å²) < 4.78 is 1.81. The van der Waals surface area contributed by atoms with E-state index in [0.717, 1.165) is 16.5 Å². The molecule has 1 N–H and O–H groups in total. The Hall–Kier alpha value is -1.97. The number of carboxylic acid groups (broad SMARTS) is 1. The number of aromatic carboxylic acids is 1. The molecule has 3 aromatic rings. The third kappa shape index (κ3) is 2.82. The van der Waals surface area contributed by atoms with Crippen molar-refractivity contribution in [2.24, 2.45) is 0 Å². The molecule has 0 fully saturated rings. The number of hydrogen-bond acceptors (Lipinski definition) is 1. The van der Waals surface area contributed by atoms with Gasteiger partial charge in [-0.3, -0.25) is 0 Å². The van der Waals surface area contributed by atoms with Gasteiger partial charge in [-0.05, 0) is 36.2 Å². The first-order chi connectivity index (χ1) is 10.6. The highest BCUT2D eigenvalue weighted by Crippen LogP contribution is 2.24. The fourth-order valence-electron chi connectivity index (χ4n) is 2.59. The molecule has 0 saturated heterocycles. The Morgan fingerprint density at radius 2 is 1.86 bits per heavy atom. The number of benzene rings is 2. The van der Waals surface area contributed by atoms with Crippen LogP contribution in [0, 0.1) is 0 Å². The van der Waals surface area contributed by atoms with E-state index in [1.165, 1.54) is 0 Å².